The first-order valence-corrected chi connectivity index (χ1v) is 6.33. The molecular weight excluding hydrogens is 184 g/mol. The van der Waals surface area contributed by atoms with E-state index in [2.05, 4.69) is 30.6 Å². The highest BCUT2D eigenvalue weighted by atomic mass is 15.2. The Balaban J connectivity index is 2.33. The molecule has 2 nitrogen and oxygen atoms in total. The maximum Gasteiger partial charge on any atom is 0.0195 e. The molecule has 0 aliphatic carbocycles. The molecular formula is C13H26N2. The van der Waals surface area contributed by atoms with E-state index in [9.17, 15) is 0 Å². The van der Waals surface area contributed by atoms with Crippen LogP contribution in [0.5, 0.6) is 0 Å². The van der Waals surface area contributed by atoms with E-state index in [1.807, 2.05) is 6.08 Å². The average molecular weight is 210 g/mol. The van der Waals surface area contributed by atoms with Gasteiger partial charge in [-0.05, 0) is 33.2 Å². The van der Waals surface area contributed by atoms with Crippen LogP contribution in [0.3, 0.4) is 0 Å². The van der Waals surface area contributed by atoms with Crippen LogP contribution in [0.4, 0.5) is 0 Å². The van der Waals surface area contributed by atoms with Crippen LogP contribution < -0.4 is 5.32 Å². The van der Waals surface area contributed by atoms with Crippen LogP contribution in [0.1, 0.15) is 39.5 Å². The molecule has 0 spiro atoms. The fraction of sp³-hybridized carbons (Fsp3) is 0.846. The van der Waals surface area contributed by atoms with Crippen molar-refractivity contribution in [3.63, 3.8) is 0 Å². The first-order valence-electron chi connectivity index (χ1n) is 6.33. The molecule has 1 aliphatic heterocycles. The zero-order chi connectivity index (χ0) is 11.1. The SMILES string of the molecule is C=CCNCC(C)N1CCCCCC1C. The second-order valence-corrected chi connectivity index (χ2v) is 4.73. The van der Waals surface area contributed by atoms with Gasteiger partial charge in [-0.3, -0.25) is 4.90 Å². The zero-order valence-electron chi connectivity index (χ0n) is 10.3. The van der Waals surface area contributed by atoms with Gasteiger partial charge in [0, 0.05) is 25.2 Å². The molecule has 0 bridgehead atoms. The van der Waals surface area contributed by atoms with Gasteiger partial charge < -0.3 is 5.32 Å². The van der Waals surface area contributed by atoms with Crippen molar-refractivity contribution in [3.05, 3.63) is 12.7 Å². The van der Waals surface area contributed by atoms with Gasteiger partial charge in [-0.25, -0.2) is 0 Å². The quantitative estimate of drug-likeness (QED) is 0.554. The Labute approximate surface area is 94.7 Å². The summed E-state index contributed by atoms with van der Waals surface area (Å²) in [4.78, 5) is 2.66. The van der Waals surface area contributed by atoms with Gasteiger partial charge in [-0.2, -0.15) is 0 Å². The molecule has 1 saturated heterocycles. The topological polar surface area (TPSA) is 15.3 Å². The van der Waals surface area contributed by atoms with Gasteiger partial charge in [0.25, 0.3) is 0 Å². The van der Waals surface area contributed by atoms with Crippen LogP contribution in [0, 0.1) is 0 Å². The molecule has 0 radical (unpaired) electrons. The molecule has 0 saturated carbocycles. The van der Waals surface area contributed by atoms with Gasteiger partial charge in [0.15, 0.2) is 0 Å². The number of likely N-dealkylation sites (tertiary alicyclic amines) is 1. The predicted octanol–water partition coefficient (Wildman–Crippen LogP) is 2.42. The van der Waals surface area contributed by atoms with Crippen molar-refractivity contribution in [2.24, 2.45) is 0 Å². The Morgan fingerprint density at radius 2 is 2.27 bits per heavy atom. The first-order chi connectivity index (χ1) is 7.25. The van der Waals surface area contributed by atoms with E-state index in [1.165, 1.54) is 32.2 Å². The molecule has 15 heavy (non-hydrogen) atoms. The Kier molecular flexibility index (Phi) is 5.96. The molecule has 1 fully saturated rings. The average Bonchev–Trinajstić information content (AvgIpc) is 2.43. The largest absolute Gasteiger partial charge is 0.312 e. The first kappa shape index (κ1) is 12.7. The molecule has 2 heteroatoms. The lowest BCUT2D eigenvalue weighted by molar-refractivity contribution is 0.155. The van der Waals surface area contributed by atoms with Crippen molar-refractivity contribution in [1.82, 2.24) is 10.2 Å². The summed E-state index contributed by atoms with van der Waals surface area (Å²) in [5, 5.41) is 3.41. The highest BCUT2D eigenvalue weighted by molar-refractivity contribution is 4.79. The molecule has 2 atom stereocenters. The molecule has 0 amide bonds. The van der Waals surface area contributed by atoms with Crippen LogP contribution in [0.25, 0.3) is 0 Å². The lowest BCUT2D eigenvalue weighted by Gasteiger charge is -2.33. The third kappa shape index (κ3) is 4.35. The third-order valence-corrected chi connectivity index (χ3v) is 3.40. The number of hydrogen-bond donors (Lipinski definition) is 1. The summed E-state index contributed by atoms with van der Waals surface area (Å²) in [6, 6.07) is 1.41. The van der Waals surface area contributed by atoms with E-state index in [4.69, 9.17) is 0 Å². The van der Waals surface area contributed by atoms with Crippen LogP contribution in [0.15, 0.2) is 12.7 Å². The van der Waals surface area contributed by atoms with E-state index in [-0.39, 0.29) is 0 Å². The lowest BCUT2D eigenvalue weighted by atomic mass is 10.1. The van der Waals surface area contributed by atoms with Crippen molar-refractivity contribution in [2.75, 3.05) is 19.6 Å². The van der Waals surface area contributed by atoms with Crippen LogP contribution in [0.2, 0.25) is 0 Å². The summed E-state index contributed by atoms with van der Waals surface area (Å²) >= 11 is 0. The van der Waals surface area contributed by atoms with Crippen LogP contribution in [-0.2, 0) is 0 Å². The molecule has 0 aromatic heterocycles. The van der Waals surface area contributed by atoms with Gasteiger partial charge in [-0.1, -0.05) is 18.9 Å². The Bertz CT molecular complexity index is 179. The monoisotopic (exact) mass is 210 g/mol. The van der Waals surface area contributed by atoms with Crippen molar-refractivity contribution in [3.8, 4) is 0 Å². The minimum Gasteiger partial charge on any atom is -0.312 e. The second-order valence-electron chi connectivity index (χ2n) is 4.73. The lowest BCUT2D eigenvalue weighted by Crippen LogP contribution is -2.45. The minimum atomic E-state index is 0.651. The molecule has 1 N–H and O–H groups in total. The van der Waals surface area contributed by atoms with E-state index < -0.39 is 0 Å². The Morgan fingerprint density at radius 3 is 3.00 bits per heavy atom. The summed E-state index contributed by atoms with van der Waals surface area (Å²) in [5.41, 5.74) is 0. The van der Waals surface area contributed by atoms with Crippen LogP contribution in [-0.4, -0.2) is 36.6 Å². The molecule has 1 aliphatic rings. The maximum atomic E-state index is 3.72. The smallest absolute Gasteiger partial charge is 0.0195 e. The van der Waals surface area contributed by atoms with E-state index in [1.54, 1.807) is 0 Å². The fourth-order valence-electron chi connectivity index (χ4n) is 2.46. The predicted molar refractivity (Wildman–Crippen MR) is 67.2 cm³/mol. The summed E-state index contributed by atoms with van der Waals surface area (Å²) in [6.45, 7) is 11.7. The van der Waals surface area contributed by atoms with Crippen molar-refractivity contribution < 1.29 is 0 Å². The number of hydrogen-bond acceptors (Lipinski definition) is 2. The highest BCUT2D eigenvalue weighted by Crippen LogP contribution is 2.18. The summed E-state index contributed by atoms with van der Waals surface area (Å²) < 4.78 is 0. The maximum absolute atomic E-state index is 3.72. The standard InChI is InChI=1S/C13H26N2/c1-4-9-14-11-13(3)15-10-7-5-6-8-12(15)2/h4,12-14H,1,5-11H2,2-3H3. The number of nitrogens with zero attached hydrogens (tertiary/aromatic N) is 1. The van der Waals surface area contributed by atoms with Gasteiger partial charge in [0.2, 0.25) is 0 Å². The van der Waals surface area contributed by atoms with Crippen molar-refractivity contribution >= 4 is 0 Å². The van der Waals surface area contributed by atoms with Crippen LogP contribution >= 0.6 is 0 Å². The summed E-state index contributed by atoms with van der Waals surface area (Å²) in [6.07, 6.45) is 7.48. The van der Waals surface area contributed by atoms with E-state index in [0.717, 1.165) is 19.1 Å². The molecule has 88 valence electrons. The van der Waals surface area contributed by atoms with Gasteiger partial charge in [0.05, 0.1) is 0 Å². The van der Waals surface area contributed by atoms with E-state index in [0.29, 0.717) is 6.04 Å². The fourth-order valence-corrected chi connectivity index (χ4v) is 2.46. The van der Waals surface area contributed by atoms with Gasteiger partial charge >= 0.3 is 0 Å². The molecule has 1 rings (SSSR count). The van der Waals surface area contributed by atoms with Gasteiger partial charge in [0.1, 0.15) is 0 Å². The summed E-state index contributed by atoms with van der Waals surface area (Å²) in [7, 11) is 0. The normalized spacial score (nSPS) is 25.9. The second kappa shape index (κ2) is 7.02. The molecule has 0 aromatic rings. The van der Waals surface area contributed by atoms with Crippen molar-refractivity contribution in [2.45, 2.75) is 51.6 Å². The minimum absolute atomic E-state index is 0.651. The molecule has 2 unspecified atom stereocenters. The number of nitrogens with one attached hydrogen (secondary N) is 1. The van der Waals surface area contributed by atoms with E-state index >= 15 is 0 Å². The highest BCUT2D eigenvalue weighted by Gasteiger charge is 2.21. The zero-order valence-corrected chi connectivity index (χ0v) is 10.3. The molecule has 0 aromatic carbocycles. The Hall–Kier alpha value is -0.340. The van der Waals surface area contributed by atoms with Crippen molar-refractivity contribution in [1.29, 1.82) is 0 Å². The van der Waals surface area contributed by atoms with Gasteiger partial charge in [-0.15, -0.1) is 6.58 Å². The molecule has 1 heterocycles. The number of rotatable bonds is 5. The third-order valence-electron chi connectivity index (χ3n) is 3.40. The Morgan fingerprint density at radius 1 is 1.47 bits per heavy atom. The summed E-state index contributed by atoms with van der Waals surface area (Å²) in [5.74, 6) is 0.